The molecule has 2 nitrogen and oxygen atoms in total. The molecule has 0 aliphatic heterocycles. The van der Waals surface area contributed by atoms with Crippen LogP contribution in [0.1, 0.15) is 52.8 Å². The standard InChI is InChI=1S/C59H41NO/c1-36-27-29-37(30-28-36)38-31-33-39(34-32-38)60(51-25-14-20-43-42-17-8-13-26-53(42)61-57(43)51)52-35-50-54(55-44-18-6-9-21-46(44)58(2,3)56(52)55)45-19-7-12-24-49(45)59(50)47-22-10-4-15-40(47)41-16-5-11-23-48(41)59/h4-35H,1-3H3. The lowest BCUT2D eigenvalue weighted by molar-refractivity contribution is 0.658. The summed E-state index contributed by atoms with van der Waals surface area (Å²) in [5.74, 6) is 0. The molecule has 0 N–H and O–H groups in total. The number of fused-ring (bicyclic) bond motifs is 17. The highest BCUT2D eigenvalue weighted by Gasteiger charge is 2.54. The highest BCUT2D eigenvalue weighted by atomic mass is 16.3. The Balaban J connectivity index is 1.19. The van der Waals surface area contributed by atoms with Crippen LogP contribution in [0.4, 0.5) is 17.1 Å². The normalized spacial score (nSPS) is 14.4. The van der Waals surface area contributed by atoms with Crippen molar-refractivity contribution in [2.24, 2.45) is 0 Å². The number of furan rings is 1. The smallest absolute Gasteiger partial charge is 0.159 e. The van der Waals surface area contributed by atoms with Crippen molar-refractivity contribution in [3.8, 4) is 44.5 Å². The summed E-state index contributed by atoms with van der Waals surface area (Å²) < 4.78 is 6.93. The predicted octanol–water partition coefficient (Wildman–Crippen LogP) is 15.7. The van der Waals surface area contributed by atoms with Gasteiger partial charge >= 0.3 is 0 Å². The molecule has 3 aliphatic rings. The number of anilines is 3. The molecule has 1 spiro atoms. The van der Waals surface area contributed by atoms with Gasteiger partial charge in [0.05, 0.1) is 16.8 Å². The molecule has 0 fully saturated rings. The lowest BCUT2D eigenvalue weighted by Crippen LogP contribution is -2.27. The lowest BCUT2D eigenvalue weighted by atomic mass is 9.69. The van der Waals surface area contributed by atoms with E-state index in [0.717, 1.165) is 33.3 Å². The fourth-order valence-electron chi connectivity index (χ4n) is 11.6. The van der Waals surface area contributed by atoms with Gasteiger partial charge in [-0.25, -0.2) is 0 Å². The summed E-state index contributed by atoms with van der Waals surface area (Å²) in [6.07, 6.45) is 0. The van der Waals surface area contributed by atoms with E-state index in [-0.39, 0.29) is 5.41 Å². The number of para-hydroxylation sites is 2. The van der Waals surface area contributed by atoms with E-state index in [2.05, 4.69) is 220 Å². The summed E-state index contributed by atoms with van der Waals surface area (Å²) in [5, 5.41) is 2.23. The van der Waals surface area contributed by atoms with Gasteiger partial charge in [0.2, 0.25) is 0 Å². The van der Waals surface area contributed by atoms with Crippen LogP contribution < -0.4 is 4.90 Å². The number of aryl methyl sites for hydroxylation is 1. The molecule has 288 valence electrons. The molecule has 0 unspecified atom stereocenters. The van der Waals surface area contributed by atoms with Gasteiger partial charge in [-0.15, -0.1) is 0 Å². The van der Waals surface area contributed by atoms with Crippen molar-refractivity contribution in [2.45, 2.75) is 31.6 Å². The Bertz CT molecular complexity index is 3410. The maximum absolute atomic E-state index is 6.93. The van der Waals surface area contributed by atoms with Crippen molar-refractivity contribution < 1.29 is 4.42 Å². The second-order valence-corrected chi connectivity index (χ2v) is 17.6. The molecule has 1 aromatic heterocycles. The number of hydrogen-bond donors (Lipinski definition) is 0. The Labute approximate surface area is 356 Å². The van der Waals surface area contributed by atoms with Crippen molar-refractivity contribution in [2.75, 3.05) is 4.90 Å². The average Bonchev–Trinajstić information content (AvgIpc) is 4.00. The van der Waals surface area contributed by atoms with Crippen LogP contribution in [0.25, 0.3) is 66.4 Å². The monoisotopic (exact) mass is 779 g/mol. The fraction of sp³-hybridized carbons (Fsp3) is 0.0847. The van der Waals surface area contributed by atoms with Crippen LogP contribution in [0.15, 0.2) is 199 Å². The second kappa shape index (κ2) is 12.3. The molecule has 0 atom stereocenters. The minimum Gasteiger partial charge on any atom is -0.454 e. The van der Waals surface area contributed by atoms with Gasteiger partial charge in [-0.2, -0.15) is 0 Å². The highest BCUT2D eigenvalue weighted by Crippen LogP contribution is 2.68. The molecular weight excluding hydrogens is 739 g/mol. The zero-order valence-electron chi connectivity index (χ0n) is 34.3. The van der Waals surface area contributed by atoms with Gasteiger partial charge < -0.3 is 9.32 Å². The molecule has 61 heavy (non-hydrogen) atoms. The quantitative estimate of drug-likeness (QED) is 0.177. The summed E-state index contributed by atoms with van der Waals surface area (Å²) >= 11 is 0. The Morgan fingerprint density at radius 2 is 0.951 bits per heavy atom. The SMILES string of the molecule is Cc1ccc(-c2ccc(N(c3cc4c(c5c3C(C)(C)c3ccccc3-5)-c3ccccc3C43c4ccccc4-c4ccccc43)c3cccc4c3oc3ccccc34)cc2)cc1. The van der Waals surface area contributed by atoms with Crippen LogP contribution in [-0.4, -0.2) is 0 Å². The van der Waals surface area contributed by atoms with Gasteiger partial charge in [-0.05, 0) is 115 Å². The Kier molecular flexibility index (Phi) is 6.95. The minimum absolute atomic E-state index is 0.325. The van der Waals surface area contributed by atoms with Crippen LogP contribution in [0.5, 0.6) is 0 Å². The van der Waals surface area contributed by atoms with E-state index in [9.17, 15) is 0 Å². The summed E-state index contributed by atoms with van der Waals surface area (Å²) in [6, 6.07) is 72.2. The number of rotatable bonds is 4. The van der Waals surface area contributed by atoms with E-state index in [1.165, 1.54) is 89.1 Å². The summed E-state index contributed by atoms with van der Waals surface area (Å²) in [7, 11) is 0. The van der Waals surface area contributed by atoms with Gasteiger partial charge in [0, 0.05) is 21.9 Å². The van der Waals surface area contributed by atoms with Crippen LogP contribution >= 0.6 is 0 Å². The van der Waals surface area contributed by atoms with E-state index in [1.807, 2.05) is 0 Å². The molecule has 0 saturated heterocycles. The molecule has 0 radical (unpaired) electrons. The van der Waals surface area contributed by atoms with Gasteiger partial charge in [-0.3, -0.25) is 0 Å². The molecule has 0 bridgehead atoms. The van der Waals surface area contributed by atoms with Crippen molar-refractivity contribution >= 4 is 39.0 Å². The third kappa shape index (κ3) is 4.46. The largest absolute Gasteiger partial charge is 0.454 e. The zero-order chi connectivity index (χ0) is 40.6. The van der Waals surface area contributed by atoms with Crippen LogP contribution in [0.3, 0.4) is 0 Å². The first-order valence-corrected chi connectivity index (χ1v) is 21.4. The number of nitrogens with zero attached hydrogens (tertiary/aromatic N) is 1. The second-order valence-electron chi connectivity index (χ2n) is 17.6. The maximum atomic E-state index is 6.93. The molecule has 2 heteroatoms. The first-order valence-electron chi connectivity index (χ1n) is 21.4. The molecule has 0 saturated carbocycles. The first kappa shape index (κ1) is 34.4. The van der Waals surface area contributed by atoms with Crippen LogP contribution in [0.2, 0.25) is 0 Å². The Hall–Kier alpha value is -7.42. The third-order valence-electron chi connectivity index (χ3n) is 14.1. The lowest BCUT2D eigenvalue weighted by Gasteiger charge is -2.35. The van der Waals surface area contributed by atoms with Crippen molar-refractivity contribution in [3.63, 3.8) is 0 Å². The first-order chi connectivity index (χ1) is 29.9. The molecule has 9 aromatic carbocycles. The van der Waals surface area contributed by atoms with E-state index in [0.29, 0.717) is 0 Å². The third-order valence-corrected chi connectivity index (χ3v) is 14.1. The molecule has 0 amide bonds. The number of hydrogen-bond acceptors (Lipinski definition) is 2. The molecule has 3 aliphatic carbocycles. The van der Waals surface area contributed by atoms with Crippen LogP contribution in [-0.2, 0) is 10.8 Å². The van der Waals surface area contributed by atoms with Crippen molar-refractivity contribution in [1.29, 1.82) is 0 Å². The zero-order valence-corrected chi connectivity index (χ0v) is 34.3. The van der Waals surface area contributed by atoms with Crippen molar-refractivity contribution in [3.05, 3.63) is 233 Å². The summed E-state index contributed by atoms with van der Waals surface area (Å²) in [4.78, 5) is 2.51. The summed E-state index contributed by atoms with van der Waals surface area (Å²) in [5.41, 5.74) is 23.8. The van der Waals surface area contributed by atoms with Crippen molar-refractivity contribution in [1.82, 2.24) is 0 Å². The van der Waals surface area contributed by atoms with Gasteiger partial charge in [-0.1, -0.05) is 183 Å². The van der Waals surface area contributed by atoms with Gasteiger partial charge in [0.15, 0.2) is 5.58 Å². The predicted molar refractivity (Wildman–Crippen MR) is 252 cm³/mol. The molecule has 10 aromatic rings. The molecule has 1 heterocycles. The average molecular weight is 780 g/mol. The van der Waals surface area contributed by atoms with E-state index >= 15 is 0 Å². The maximum Gasteiger partial charge on any atom is 0.159 e. The fourth-order valence-corrected chi connectivity index (χ4v) is 11.6. The Morgan fingerprint density at radius 1 is 0.426 bits per heavy atom. The van der Waals surface area contributed by atoms with E-state index in [4.69, 9.17) is 4.42 Å². The number of benzene rings is 9. The highest BCUT2D eigenvalue weighted by molar-refractivity contribution is 6.12. The van der Waals surface area contributed by atoms with E-state index in [1.54, 1.807) is 0 Å². The van der Waals surface area contributed by atoms with Gasteiger partial charge in [0.25, 0.3) is 0 Å². The summed E-state index contributed by atoms with van der Waals surface area (Å²) in [6.45, 7) is 6.99. The molecule has 13 rings (SSSR count). The Morgan fingerprint density at radius 3 is 1.62 bits per heavy atom. The molecular formula is C59H41NO. The topological polar surface area (TPSA) is 16.4 Å². The van der Waals surface area contributed by atoms with E-state index < -0.39 is 5.41 Å². The van der Waals surface area contributed by atoms with Gasteiger partial charge in [0.1, 0.15) is 5.58 Å². The minimum atomic E-state index is -0.517. The van der Waals surface area contributed by atoms with Crippen LogP contribution in [0, 0.1) is 6.92 Å².